The van der Waals surface area contributed by atoms with E-state index in [1.165, 1.54) is 125 Å². The summed E-state index contributed by atoms with van der Waals surface area (Å²) in [5.41, 5.74) is 0. The van der Waals surface area contributed by atoms with Crippen LogP contribution in [-0.4, -0.2) is 61.3 Å². The van der Waals surface area contributed by atoms with Crippen LogP contribution in [0.3, 0.4) is 0 Å². The molecule has 2 nitrogen and oxygen atoms in total. The normalized spacial score (nSPS) is 27.9. The average molecular weight is 391 g/mol. The summed E-state index contributed by atoms with van der Waals surface area (Å²) >= 11 is 0. The van der Waals surface area contributed by atoms with E-state index in [-0.39, 0.29) is 0 Å². The van der Waals surface area contributed by atoms with Crippen molar-refractivity contribution in [3.63, 3.8) is 0 Å². The topological polar surface area (TPSA) is 0 Å². The fourth-order valence-corrected chi connectivity index (χ4v) is 7.74. The second-order valence-corrected chi connectivity index (χ2v) is 11.5. The van der Waals surface area contributed by atoms with Crippen molar-refractivity contribution < 1.29 is 8.97 Å². The van der Waals surface area contributed by atoms with Gasteiger partial charge in [-0.05, 0) is 51.4 Å². The predicted octanol–water partition coefficient (Wildman–Crippen LogP) is 6.15. The molecule has 0 bridgehead atoms. The lowest BCUT2D eigenvalue weighted by molar-refractivity contribution is -0.920. The summed E-state index contributed by atoms with van der Waals surface area (Å²) in [7, 11) is 0. The molecule has 0 atom stereocenters. The van der Waals surface area contributed by atoms with E-state index in [2.05, 4.69) is 0 Å². The molecule has 2 heterocycles. The van der Waals surface area contributed by atoms with Crippen molar-refractivity contribution in [1.82, 2.24) is 0 Å². The van der Waals surface area contributed by atoms with E-state index in [1.54, 1.807) is 38.8 Å². The van der Waals surface area contributed by atoms with Crippen LogP contribution < -0.4 is 0 Å². The van der Waals surface area contributed by atoms with E-state index in [1.807, 2.05) is 0 Å². The zero-order valence-corrected chi connectivity index (χ0v) is 19.0. The van der Waals surface area contributed by atoms with Gasteiger partial charge in [-0.15, -0.1) is 0 Å². The maximum absolute atomic E-state index is 1.54. The number of likely N-dealkylation sites (tertiary alicyclic amines) is 2. The van der Waals surface area contributed by atoms with Crippen LogP contribution in [0, 0.1) is 11.8 Å². The Morgan fingerprint density at radius 1 is 0.429 bits per heavy atom. The first-order valence-electron chi connectivity index (χ1n) is 13.5. The Labute approximate surface area is 176 Å². The second kappa shape index (κ2) is 10.3. The van der Waals surface area contributed by atoms with Crippen LogP contribution in [-0.2, 0) is 0 Å². The molecule has 0 radical (unpaired) electrons. The van der Waals surface area contributed by atoms with E-state index in [9.17, 15) is 0 Å². The highest BCUT2D eigenvalue weighted by Gasteiger charge is 2.36. The van der Waals surface area contributed by atoms with Gasteiger partial charge in [0.1, 0.15) is 0 Å². The molecule has 0 spiro atoms. The van der Waals surface area contributed by atoms with E-state index in [4.69, 9.17) is 0 Å². The van der Waals surface area contributed by atoms with Gasteiger partial charge in [0.05, 0.1) is 52.4 Å². The zero-order chi connectivity index (χ0) is 19.1. The lowest BCUT2D eigenvalue weighted by atomic mass is 10.0. The first-order chi connectivity index (χ1) is 13.8. The summed E-state index contributed by atoms with van der Waals surface area (Å²) in [6, 6.07) is 0. The predicted molar refractivity (Wildman–Crippen MR) is 120 cm³/mol. The maximum Gasteiger partial charge on any atom is 0.0815 e. The fraction of sp³-hybridized carbons (Fsp3) is 1.00. The quantitative estimate of drug-likeness (QED) is 0.293. The molecular formula is C26H50N2+2. The number of unbranched alkanes of at least 4 members (excludes halogenated alkanes) is 3. The third-order valence-electron chi connectivity index (χ3n) is 9.29. The van der Waals surface area contributed by atoms with E-state index in [0.29, 0.717) is 0 Å². The van der Waals surface area contributed by atoms with Gasteiger partial charge in [0.25, 0.3) is 0 Å². The molecule has 0 aromatic heterocycles. The third kappa shape index (κ3) is 5.75. The molecule has 4 rings (SSSR count). The smallest absolute Gasteiger partial charge is 0.0815 e. The molecule has 0 aromatic rings. The molecule has 0 aromatic carbocycles. The van der Waals surface area contributed by atoms with Crippen molar-refractivity contribution in [2.45, 2.75) is 103 Å². The van der Waals surface area contributed by atoms with Gasteiger partial charge in [0.15, 0.2) is 0 Å². The van der Waals surface area contributed by atoms with Gasteiger partial charge >= 0.3 is 0 Å². The van der Waals surface area contributed by atoms with Crippen molar-refractivity contribution in [2.75, 3.05) is 52.4 Å². The number of hydrogen-bond acceptors (Lipinski definition) is 0. The first kappa shape index (κ1) is 21.2. The SMILES string of the molecule is C(CCC[N+]1(CC2CCCC2)CCCC1)CC[N+]1(CC2CCCC2)CCCC1. The van der Waals surface area contributed by atoms with Crippen LogP contribution in [0.5, 0.6) is 0 Å². The van der Waals surface area contributed by atoms with Gasteiger partial charge in [-0.1, -0.05) is 25.7 Å². The fourth-order valence-electron chi connectivity index (χ4n) is 7.74. The second-order valence-electron chi connectivity index (χ2n) is 11.5. The highest BCUT2D eigenvalue weighted by molar-refractivity contribution is 4.70. The number of quaternary nitrogens is 2. The molecule has 4 aliphatic rings. The summed E-state index contributed by atoms with van der Waals surface area (Å²) in [4.78, 5) is 0. The molecule has 0 amide bonds. The molecule has 2 saturated carbocycles. The molecule has 2 aliphatic carbocycles. The van der Waals surface area contributed by atoms with Crippen molar-refractivity contribution in [3.8, 4) is 0 Å². The van der Waals surface area contributed by atoms with Crippen LogP contribution in [0.15, 0.2) is 0 Å². The molecule has 2 heteroatoms. The standard InChI is InChI=1S/C26H50N2/c1(7-17-27(19-9-10-20-27)23-25-13-3-4-14-25)2-8-18-28(21-11-12-22-28)24-26-15-5-6-16-26/h25-26H,1-24H2/q+2. The Balaban J connectivity index is 1.14. The van der Waals surface area contributed by atoms with Crippen LogP contribution in [0.25, 0.3) is 0 Å². The summed E-state index contributed by atoms with van der Waals surface area (Å²) in [6.45, 7) is 12.2. The minimum atomic E-state index is 1.08. The van der Waals surface area contributed by atoms with Crippen molar-refractivity contribution in [2.24, 2.45) is 11.8 Å². The van der Waals surface area contributed by atoms with E-state index in [0.717, 1.165) is 11.8 Å². The lowest BCUT2D eigenvalue weighted by Crippen LogP contribution is -2.49. The van der Waals surface area contributed by atoms with Crippen LogP contribution in [0.4, 0.5) is 0 Å². The van der Waals surface area contributed by atoms with Gasteiger partial charge in [0, 0.05) is 37.5 Å². The van der Waals surface area contributed by atoms with Gasteiger partial charge in [-0.3, -0.25) is 0 Å². The summed E-state index contributed by atoms with van der Waals surface area (Å²) in [6.07, 6.45) is 24.3. The number of hydrogen-bond donors (Lipinski definition) is 0. The maximum atomic E-state index is 1.54. The van der Waals surface area contributed by atoms with Crippen molar-refractivity contribution >= 4 is 0 Å². The molecule has 2 aliphatic heterocycles. The Morgan fingerprint density at radius 3 is 1.14 bits per heavy atom. The van der Waals surface area contributed by atoms with Gasteiger partial charge in [-0.25, -0.2) is 0 Å². The van der Waals surface area contributed by atoms with E-state index < -0.39 is 0 Å². The van der Waals surface area contributed by atoms with Crippen LogP contribution >= 0.6 is 0 Å². The van der Waals surface area contributed by atoms with Crippen LogP contribution in [0.2, 0.25) is 0 Å². The molecule has 4 fully saturated rings. The Hall–Kier alpha value is -0.0800. The van der Waals surface area contributed by atoms with Gasteiger partial charge in [0.2, 0.25) is 0 Å². The summed E-state index contributed by atoms with van der Waals surface area (Å²) < 4.78 is 3.04. The Bertz CT molecular complexity index is 393. The first-order valence-corrected chi connectivity index (χ1v) is 13.5. The molecule has 28 heavy (non-hydrogen) atoms. The molecular weight excluding hydrogens is 340 g/mol. The summed E-state index contributed by atoms with van der Waals surface area (Å²) in [5.74, 6) is 2.15. The van der Waals surface area contributed by atoms with E-state index >= 15 is 0 Å². The average Bonchev–Trinajstić information content (AvgIpc) is 3.49. The molecule has 0 N–H and O–H groups in total. The van der Waals surface area contributed by atoms with Gasteiger partial charge < -0.3 is 8.97 Å². The van der Waals surface area contributed by atoms with Crippen molar-refractivity contribution in [1.29, 1.82) is 0 Å². The minimum Gasteiger partial charge on any atom is -0.323 e. The number of nitrogens with zero attached hydrogens (tertiary/aromatic N) is 2. The lowest BCUT2D eigenvalue weighted by Gasteiger charge is -2.37. The highest BCUT2D eigenvalue weighted by atomic mass is 15.4. The minimum absolute atomic E-state index is 1.08. The zero-order valence-electron chi connectivity index (χ0n) is 19.0. The largest absolute Gasteiger partial charge is 0.323 e. The molecule has 0 unspecified atom stereocenters. The third-order valence-corrected chi connectivity index (χ3v) is 9.29. The van der Waals surface area contributed by atoms with Gasteiger partial charge in [-0.2, -0.15) is 0 Å². The monoisotopic (exact) mass is 390 g/mol. The van der Waals surface area contributed by atoms with Crippen molar-refractivity contribution in [3.05, 3.63) is 0 Å². The Morgan fingerprint density at radius 2 is 0.786 bits per heavy atom. The van der Waals surface area contributed by atoms with Crippen LogP contribution in [0.1, 0.15) is 103 Å². The molecule has 162 valence electrons. The Kier molecular flexibility index (Phi) is 7.78. The summed E-state index contributed by atoms with van der Waals surface area (Å²) in [5, 5.41) is 0. The number of rotatable bonds is 11. The highest BCUT2D eigenvalue weighted by Crippen LogP contribution is 2.32. The molecule has 2 saturated heterocycles.